The van der Waals surface area contributed by atoms with Crippen LogP contribution in [-0.2, 0) is 4.74 Å². The van der Waals surface area contributed by atoms with E-state index in [9.17, 15) is 4.79 Å². The second kappa shape index (κ2) is 5.01. The molecule has 1 aliphatic rings. The monoisotopic (exact) mass is 256 g/mol. The number of aromatic nitrogens is 1. The lowest BCUT2D eigenvalue weighted by molar-refractivity contribution is 0.0697. The molecule has 2 rings (SSSR count). The molecule has 0 amide bonds. The number of aromatic carboxylic acids is 1. The number of aryl methyl sites for hydroxylation is 1. The van der Waals surface area contributed by atoms with Gasteiger partial charge in [-0.15, -0.1) is 0 Å². The number of hydrogen-bond acceptors (Lipinski definition) is 5. The zero-order valence-corrected chi connectivity index (χ0v) is 10.7. The number of anilines is 1. The summed E-state index contributed by atoms with van der Waals surface area (Å²) in [7, 11) is 0. The van der Waals surface area contributed by atoms with Gasteiger partial charge in [0, 0.05) is 18.6 Å². The van der Waals surface area contributed by atoms with E-state index in [2.05, 4.69) is 16.6 Å². The number of carboxylic acid groups (broad SMARTS) is 1. The molecule has 0 spiro atoms. The Hall–Kier alpha value is -1.14. The molecule has 1 aromatic heterocycles. The van der Waals surface area contributed by atoms with E-state index in [1.165, 1.54) is 11.5 Å². The molecule has 1 fully saturated rings. The summed E-state index contributed by atoms with van der Waals surface area (Å²) in [5.74, 6) is -0.479. The van der Waals surface area contributed by atoms with Crippen LogP contribution in [0.15, 0.2) is 0 Å². The molecule has 2 atom stereocenters. The molecular formula is C11H16N2O3S. The predicted molar refractivity (Wildman–Crippen MR) is 65.8 cm³/mol. The summed E-state index contributed by atoms with van der Waals surface area (Å²) in [5.41, 5.74) is 0.862. The Bertz CT molecular complexity index is 413. The topological polar surface area (TPSA) is 71.5 Å². The zero-order chi connectivity index (χ0) is 12.4. The third kappa shape index (κ3) is 2.58. The van der Waals surface area contributed by atoms with Crippen LogP contribution in [0, 0.1) is 12.8 Å². The predicted octanol–water partition coefficient (Wildman–Crippen LogP) is 1.99. The molecule has 94 valence electrons. The first-order valence-corrected chi connectivity index (χ1v) is 6.40. The van der Waals surface area contributed by atoms with Gasteiger partial charge in [-0.1, -0.05) is 0 Å². The van der Waals surface area contributed by atoms with Gasteiger partial charge < -0.3 is 15.2 Å². The average Bonchev–Trinajstić information content (AvgIpc) is 2.87. The van der Waals surface area contributed by atoms with Gasteiger partial charge in [0.05, 0.1) is 12.3 Å². The molecule has 1 aliphatic heterocycles. The van der Waals surface area contributed by atoms with Crippen molar-refractivity contribution in [2.24, 2.45) is 5.92 Å². The van der Waals surface area contributed by atoms with Crippen LogP contribution in [0.25, 0.3) is 0 Å². The van der Waals surface area contributed by atoms with Crippen LogP contribution in [0.4, 0.5) is 5.00 Å². The quantitative estimate of drug-likeness (QED) is 0.862. The normalized spacial score (nSPS) is 21.4. The van der Waals surface area contributed by atoms with Gasteiger partial charge >= 0.3 is 5.97 Å². The largest absolute Gasteiger partial charge is 0.478 e. The molecule has 0 bridgehead atoms. The standard InChI is InChI=1S/C11H16N2O3S/c1-6(8-3-4-16-5-8)12-10-9(11(14)15)7(2)13-17-10/h6,8,12H,3-5H2,1-2H3,(H,14,15). The third-order valence-corrected chi connectivity index (χ3v) is 3.98. The number of hydrogen-bond donors (Lipinski definition) is 2. The summed E-state index contributed by atoms with van der Waals surface area (Å²) in [6, 6.07) is 0.204. The fourth-order valence-electron chi connectivity index (χ4n) is 1.99. The van der Waals surface area contributed by atoms with Crippen LogP contribution in [-0.4, -0.2) is 34.7 Å². The highest BCUT2D eigenvalue weighted by molar-refractivity contribution is 7.10. The number of carboxylic acids is 1. The second-order valence-electron chi connectivity index (χ2n) is 4.33. The van der Waals surface area contributed by atoms with Crippen molar-refractivity contribution in [2.45, 2.75) is 26.3 Å². The fourth-order valence-corrected chi connectivity index (χ4v) is 2.88. The van der Waals surface area contributed by atoms with E-state index >= 15 is 0 Å². The SMILES string of the molecule is Cc1nsc(NC(C)C2CCOC2)c1C(=O)O. The Morgan fingerprint density at radius 3 is 3.06 bits per heavy atom. The van der Waals surface area contributed by atoms with Crippen LogP contribution < -0.4 is 5.32 Å². The van der Waals surface area contributed by atoms with Gasteiger partial charge in [-0.05, 0) is 31.8 Å². The molecule has 6 heteroatoms. The molecule has 2 heterocycles. The fraction of sp³-hybridized carbons (Fsp3) is 0.636. The molecule has 1 aromatic rings. The Balaban J connectivity index is 2.10. The van der Waals surface area contributed by atoms with Crippen LogP contribution in [0.3, 0.4) is 0 Å². The Morgan fingerprint density at radius 2 is 2.47 bits per heavy atom. The summed E-state index contributed by atoms with van der Waals surface area (Å²) in [6.07, 6.45) is 1.02. The minimum atomic E-state index is -0.923. The van der Waals surface area contributed by atoms with Gasteiger partial charge in [0.1, 0.15) is 10.6 Å². The number of nitrogens with zero attached hydrogens (tertiary/aromatic N) is 1. The summed E-state index contributed by atoms with van der Waals surface area (Å²) >= 11 is 1.21. The van der Waals surface area contributed by atoms with Crippen LogP contribution in [0.5, 0.6) is 0 Å². The minimum Gasteiger partial charge on any atom is -0.478 e. The van der Waals surface area contributed by atoms with Crippen LogP contribution in [0.1, 0.15) is 29.4 Å². The molecule has 5 nitrogen and oxygen atoms in total. The molecular weight excluding hydrogens is 240 g/mol. The van der Waals surface area contributed by atoms with Crippen molar-refractivity contribution < 1.29 is 14.6 Å². The second-order valence-corrected chi connectivity index (χ2v) is 5.11. The van der Waals surface area contributed by atoms with Crippen molar-refractivity contribution in [1.29, 1.82) is 0 Å². The van der Waals surface area contributed by atoms with E-state index in [1.807, 2.05) is 0 Å². The molecule has 0 saturated carbocycles. The van der Waals surface area contributed by atoms with Crippen molar-refractivity contribution in [1.82, 2.24) is 4.37 Å². The van der Waals surface area contributed by atoms with Gasteiger partial charge in [-0.3, -0.25) is 0 Å². The van der Waals surface area contributed by atoms with Crippen molar-refractivity contribution in [3.63, 3.8) is 0 Å². The number of ether oxygens (including phenoxy) is 1. The molecule has 17 heavy (non-hydrogen) atoms. The Morgan fingerprint density at radius 1 is 1.71 bits per heavy atom. The summed E-state index contributed by atoms with van der Waals surface area (Å²) < 4.78 is 9.41. The van der Waals surface area contributed by atoms with Gasteiger partial charge in [-0.25, -0.2) is 4.79 Å². The summed E-state index contributed by atoms with van der Waals surface area (Å²) in [4.78, 5) is 11.1. The molecule has 0 radical (unpaired) electrons. The maximum atomic E-state index is 11.1. The van der Waals surface area contributed by atoms with Crippen molar-refractivity contribution >= 4 is 22.5 Å². The lowest BCUT2D eigenvalue weighted by Gasteiger charge is -2.19. The highest BCUT2D eigenvalue weighted by Crippen LogP contribution is 2.27. The van der Waals surface area contributed by atoms with E-state index < -0.39 is 5.97 Å². The first-order valence-electron chi connectivity index (χ1n) is 5.63. The minimum absolute atomic E-state index is 0.204. The third-order valence-electron chi connectivity index (χ3n) is 3.11. The van der Waals surface area contributed by atoms with Gasteiger partial charge in [0.25, 0.3) is 0 Å². The van der Waals surface area contributed by atoms with Gasteiger partial charge in [-0.2, -0.15) is 4.37 Å². The molecule has 0 aromatic carbocycles. The number of carbonyl (C=O) groups is 1. The van der Waals surface area contributed by atoms with E-state index in [4.69, 9.17) is 9.84 Å². The van der Waals surface area contributed by atoms with Crippen molar-refractivity contribution in [2.75, 3.05) is 18.5 Å². The zero-order valence-electron chi connectivity index (χ0n) is 9.90. The first-order chi connectivity index (χ1) is 8.09. The van der Waals surface area contributed by atoms with E-state index in [-0.39, 0.29) is 6.04 Å². The smallest absolute Gasteiger partial charge is 0.340 e. The lowest BCUT2D eigenvalue weighted by atomic mass is 10.0. The number of rotatable bonds is 4. The molecule has 0 aliphatic carbocycles. The molecule has 2 N–H and O–H groups in total. The van der Waals surface area contributed by atoms with Gasteiger partial charge in [0.2, 0.25) is 0 Å². The molecule has 1 saturated heterocycles. The average molecular weight is 256 g/mol. The maximum Gasteiger partial charge on any atom is 0.340 e. The van der Waals surface area contributed by atoms with E-state index in [0.717, 1.165) is 19.6 Å². The first kappa shape index (κ1) is 12.3. The van der Waals surface area contributed by atoms with E-state index in [0.29, 0.717) is 22.2 Å². The Labute approximate surface area is 104 Å². The highest BCUT2D eigenvalue weighted by Gasteiger charge is 2.25. The summed E-state index contributed by atoms with van der Waals surface area (Å²) in [5, 5.41) is 13.0. The Kier molecular flexibility index (Phi) is 3.63. The van der Waals surface area contributed by atoms with E-state index in [1.54, 1.807) is 6.92 Å². The van der Waals surface area contributed by atoms with Crippen LogP contribution >= 0.6 is 11.5 Å². The summed E-state index contributed by atoms with van der Waals surface area (Å²) in [6.45, 7) is 5.31. The number of nitrogens with one attached hydrogen (secondary N) is 1. The van der Waals surface area contributed by atoms with Crippen molar-refractivity contribution in [3.8, 4) is 0 Å². The van der Waals surface area contributed by atoms with Crippen LogP contribution in [0.2, 0.25) is 0 Å². The lowest BCUT2D eigenvalue weighted by Crippen LogP contribution is -2.26. The maximum absolute atomic E-state index is 11.1. The van der Waals surface area contributed by atoms with Crippen molar-refractivity contribution in [3.05, 3.63) is 11.3 Å². The van der Waals surface area contributed by atoms with Gasteiger partial charge in [0.15, 0.2) is 0 Å². The molecule has 2 unspecified atom stereocenters. The highest BCUT2D eigenvalue weighted by atomic mass is 32.1.